The van der Waals surface area contributed by atoms with E-state index in [1.807, 2.05) is 24.3 Å². The van der Waals surface area contributed by atoms with Crippen molar-refractivity contribution in [3.63, 3.8) is 0 Å². The molecule has 0 unspecified atom stereocenters. The summed E-state index contributed by atoms with van der Waals surface area (Å²) in [6.45, 7) is 2.00. The third-order valence-electron chi connectivity index (χ3n) is 1.65. The van der Waals surface area contributed by atoms with E-state index in [1.54, 1.807) is 0 Å². The van der Waals surface area contributed by atoms with Crippen LogP contribution in [0.3, 0.4) is 0 Å². The summed E-state index contributed by atoms with van der Waals surface area (Å²) >= 11 is 5.81. The SMILES string of the molecule is NCCCOCc1cccc(Cl)c1. The first-order valence-electron chi connectivity index (χ1n) is 4.35. The molecule has 0 aliphatic carbocycles. The topological polar surface area (TPSA) is 35.2 Å². The average Bonchev–Trinajstić information content (AvgIpc) is 2.13. The van der Waals surface area contributed by atoms with E-state index in [0.29, 0.717) is 19.8 Å². The van der Waals surface area contributed by atoms with Gasteiger partial charge in [-0.3, -0.25) is 0 Å². The van der Waals surface area contributed by atoms with Crippen molar-refractivity contribution in [2.24, 2.45) is 5.73 Å². The van der Waals surface area contributed by atoms with E-state index in [9.17, 15) is 0 Å². The molecule has 1 aromatic carbocycles. The zero-order chi connectivity index (χ0) is 9.52. The molecule has 0 aliphatic heterocycles. The molecule has 0 saturated heterocycles. The fourth-order valence-corrected chi connectivity index (χ4v) is 1.22. The van der Waals surface area contributed by atoms with Gasteiger partial charge in [-0.15, -0.1) is 0 Å². The zero-order valence-corrected chi connectivity index (χ0v) is 8.26. The molecule has 0 amide bonds. The van der Waals surface area contributed by atoms with Gasteiger partial charge in [0, 0.05) is 11.6 Å². The van der Waals surface area contributed by atoms with Crippen molar-refractivity contribution < 1.29 is 4.74 Å². The summed E-state index contributed by atoms with van der Waals surface area (Å²) in [7, 11) is 0. The molecule has 0 saturated carbocycles. The Hall–Kier alpha value is -0.570. The van der Waals surface area contributed by atoms with Crippen LogP contribution in [0.4, 0.5) is 0 Å². The van der Waals surface area contributed by atoms with Gasteiger partial charge in [-0.05, 0) is 30.7 Å². The summed E-state index contributed by atoms with van der Waals surface area (Å²) in [5.41, 5.74) is 6.43. The lowest BCUT2D eigenvalue weighted by atomic mass is 10.2. The molecule has 0 atom stereocenters. The summed E-state index contributed by atoms with van der Waals surface area (Å²) in [4.78, 5) is 0. The van der Waals surface area contributed by atoms with E-state index >= 15 is 0 Å². The normalized spacial score (nSPS) is 10.3. The van der Waals surface area contributed by atoms with Gasteiger partial charge in [-0.1, -0.05) is 23.7 Å². The molecule has 1 aromatic rings. The minimum Gasteiger partial charge on any atom is -0.377 e. The molecule has 0 fully saturated rings. The zero-order valence-electron chi connectivity index (χ0n) is 7.50. The number of benzene rings is 1. The van der Waals surface area contributed by atoms with Crippen LogP contribution >= 0.6 is 11.6 Å². The van der Waals surface area contributed by atoms with E-state index < -0.39 is 0 Å². The van der Waals surface area contributed by atoms with Crippen LogP contribution in [-0.4, -0.2) is 13.2 Å². The fraction of sp³-hybridized carbons (Fsp3) is 0.400. The number of nitrogens with two attached hydrogens (primary N) is 1. The lowest BCUT2D eigenvalue weighted by Crippen LogP contribution is -2.04. The van der Waals surface area contributed by atoms with Gasteiger partial charge in [0.15, 0.2) is 0 Å². The minimum absolute atomic E-state index is 0.612. The third-order valence-corrected chi connectivity index (χ3v) is 1.89. The molecule has 0 spiro atoms. The molecular weight excluding hydrogens is 186 g/mol. The molecule has 2 nitrogen and oxygen atoms in total. The summed E-state index contributed by atoms with van der Waals surface area (Å²) in [5.74, 6) is 0. The first-order chi connectivity index (χ1) is 6.33. The monoisotopic (exact) mass is 199 g/mol. The molecule has 3 heteroatoms. The van der Waals surface area contributed by atoms with Gasteiger partial charge >= 0.3 is 0 Å². The molecule has 13 heavy (non-hydrogen) atoms. The van der Waals surface area contributed by atoms with Crippen molar-refractivity contribution in [2.45, 2.75) is 13.0 Å². The van der Waals surface area contributed by atoms with Gasteiger partial charge < -0.3 is 10.5 Å². The van der Waals surface area contributed by atoms with Gasteiger partial charge in [-0.25, -0.2) is 0 Å². The number of hydrogen-bond donors (Lipinski definition) is 1. The maximum atomic E-state index is 5.81. The smallest absolute Gasteiger partial charge is 0.0717 e. The second-order valence-electron chi connectivity index (χ2n) is 2.82. The number of rotatable bonds is 5. The summed E-state index contributed by atoms with van der Waals surface area (Å²) in [6.07, 6.45) is 0.903. The molecule has 2 N–H and O–H groups in total. The first kappa shape index (κ1) is 10.5. The minimum atomic E-state index is 0.612. The molecule has 1 rings (SSSR count). The lowest BCUT2D eigenvalue weighted by molar-refractivity contribution is 0.120. The summed E-state index contributed by atoms with van der Waals surface area (Å²) in [6, 6.07) is 7.67. The Morgan fingerprint density at radius 2 is 2.23 bits per heavy atom. The van der Waals surface area contributed by atoms with Crippen LogP contribution in [0.25, 0.3) is 0 Å². The molecule has 0 aromatic heterocycles. The number of ether oxygens (including phenoxy) is 1. The van der Waals surface area contributed by atoms with E-state index in [-0.39, 0.29) is 0 Å². The Kier molecular flexibility index (Phi) is 4.83. The number of hydrogen-bond acceptors (Lipinski definition) is 2. The van der Waals surface area contributed by atoms with Crippen LogP contribution in [-0.2, 0) is 11.3 Å². The average molecular weight is 200 g/mol. The molecular formula is C10H14ClNO. The fourth-order valence-electron chi connectivity index (χ4n) is 1.00. The van der Waals surface area contributed by atoms with Gasteiger partial charge in [0.25, 0.3) is 0 Å². The van der Waals surface area contributed by atoms with Crippen molar-refractivity contribution in [3.8, 4) is 0 Å². The van der Waals surface area contributed by atoms with Crippen LogP contribution in [0, 0.1) is 0 Å². The Labute approximate surface area is 83.6 Å². The van der Waals surface area contributed by atoms with Crippen LogP contribution in [0.1, 0.15) is 12.0 Å². The van der Waals surface area contributed by atoms with E-state index in [1.165, 1.54) is 0 Å². The number of halogens is 1. The predicted molar refractivity (Wildman–Crippen MR) is 54.8 cm³/mol. The second kappa shape index (κ2) is 5.97. The highest BCUT2D eigenvalue weighted by atomic mass is 35.5. The maximum Gasteiger partial charge on any atom is 0.0717 e. The Morgan fingerprint density at radius 1 is 1.38 bits per heavy atom. The van der Waals surface area contributed by atoms with Crippen LogP contribution in [0.5, 0.6) is 0 Å². The Balaban J connectivity index is 2.28. The van der Waals surface area contributed by atoms with Crippen LogP contribution < -0.4 is 5.73 Å². The van der Waals surface area contributed by atoms with Crippen LogP contribution in [0.2, 0.25) is 5.02 Å². The van der Waals surface area contributed by atoms with Crippen LogP contribution in [0.15, 0.2) is 24.3 Å². The maximum absolute atomic E-state index is 5.81. The highest BCUT2D eigenvalue weighted by Crippen LogP contribution is 2.11. The van der Waals surface area contributed by atoms with Gasteiger partial charge in [0.2, 0.25) is 0 Å². The Morgan fingerprint density at radius 3 is 2.92 bits per heavy atom. The van der Waals surface area contributed by atoms with Crippen molar-refractivity contribution in [1.82, 2.24) is 0 Å². The van der Waals surface area contributed by atoms with Crippen molar-refractivity contribution in [2.75, 3.05) is 13.2 Å². The quantitative estimate of drug-likeness (QED) is 0.738. The molecule has 0 aliphatic rings. The summed E-state index contributed by atoms with van der Waals surface area (Å²) < 4.78 is 5.38. The van der Waals surface area contributed by atoms with Crippen molar-refractivity contribution in [1.29, 1.82) is 0 Å². The first-order valence-corrected chi connectivity index (χ1v) is 4.73. The molecule has 0 heterocycles. The highest BCUT2D eigenvalue weighted by molar-refractivity contribution is 6.30. The Bertz CT molecular complexity index is 252. The second-order valence-corrected chi connectivity index (χ2v) is 3.26. The highest BCUT2D eigenvalue weighted by Gasteiger charge is 1.93. The standard InChI is InChI=1S/C10H14ClNO/c11-10-4-1-3-9(7-10)8-13-6-2-5-12/h1,3-4,7H,2,5-6,8,12H2. The van der Waals surface area contributed by atoms with Gasteiger partial charge in [0.1, 0.15) is 0 Å². The van der Waals surface area contributed by atoms with E-state index in [4.69, 9.17) is 22.1 Å². The molecule has 0 bridgehead atoms. The predicted octanol–water partition coefficient (Wildman–Crippen LogP) is 2.21. The molecule has 72 valence electrons. The van der Waals surface area contributed by atoms with Gasteiger partial charge in [-0.2, -0.15) is 0 Å². The lowest BCUT2D eigenvalue weighted by Gasteiger charge is -2.03. The van der Waals surface area contributed by atoms with E-state index in [0.717, 1.165) is 17.0 Å². The van der Waals surface area contributed by atoms with E-state index in [2.05, 4.69) is 0 Å². The molecule has 0 radical (unpaired) electrons. The third kappa shape index (κ3) is 4.27. The largest absolute Gasteiger partial charge is 0.377 e. The van der Waals surface area contributed by atoms with Gasteiger partial charge in [0.05, 0.1) is 6.61 Å². The van der Waals surface area contributed by atoms with Crippen molar-refractivity contribution >= 4 is 11.6 Å². The van der Waals surface area contributed by atoms with Crippen molar-refractivity contribution in [3.05, 3.63) is 34.9 Å². The summed E-state index contributed by atoms with van der Waals surface area (Å²) in [5, 5.41) is 0.750.